The lowest BCUT2D eigenvalue weighted by Crippen LogP contribution is -2.29. The van der Waals surface area contributed by atoms with Crippen molar-refractivity contribution < 1.29 is 23.8 Å². The molecule has 1 aliphatic heterocycles. The van der Waals surface area contributed by atoms with E-state index in [9.17, 15) is 19.1 Å². The van der Waals surface area contributed by atoms with Gasteiger partial charge in [0.25, 0.3) is 5.78 Å². The zero-order chi connectivity index (χ0) is 22.3. The van der Waals surface area contributed by atoms with Gasteiger partial charge in [-0.05, 0) is 43.7 Å². The quantitative estimate of drug-likeness (QED) is 0.376. The van der Waals surface area contributed by atoms with Crippen molar-refractivity contribution in [3.63, 3.8) is 0 Å². The van der Waals surface area contributed by atoms with Gasteiger partial charge in [0.15, 0.2) is 5.13 Å². The number of halogens is 1. The number of rotatable bonds is 4. The molecule has 2 aromatic heterocycles. The Kier molecular flexibility index (Phi) is 5.28. The SMILES string of the molecule is COc1ccc(F)cc1C(O)=C1C(=O)C(=O)N(c2nc(C)c(C)s2)[C@H]1c1cccnc1. The highest BCUT2D eigenvalue weighted by Crippen LogP contribution is 2.44. The number of amides is 1. The zero-order valence-corrected chi connectivity index (χ0v) is 17.7. The largest absolute Gasteiger partial charge is 0.507 e. The summed E-state index contributed by atoms with van der Waals surface area (Å²) in [6.45, 7) is 3.67. The number of ether oxygens (including phenoxy) is 1. The van der Waals surface area contributed by atoms with Crippen LogP contribution in [0.4, 0.5) is 9.52 Å². The van der Waals surface area contributed by atoms with Crippen molar-refractivity contribution in [2.75, 3.05) is 12.0 Å². The van der Waals surface area contributed by atoms with E-state index in [0.29, 0.717) is 10.7 Å². The minimum atomic E-state index is -0.980. The van der Waals surface area contributed by atoms with Crippen LogP contribution in [0.5, 0.6) is 5.75 Å². The van der Waals surface area contributed by atoms with E-state index in [0.717, 1.165) is 16.6 Å². The second-order valence-electron chi connectivity index (χ2n) is 6.94. The highest BCUT2D eigenvalue weighted by molar-refractivity contribution is 7.16. The third-order valence-corrected chi connectivity index (χ3v) is 6.16. The number of Topliss-reactive ketones (excluding diaryl/α,β-unsaturated/α-hetero) is 1. The van der Waals surface area contributed by atoms with E-state index in [1.54, 1.807) is 18.3 Å². The van der Waals surface area contributed by atoms with Crippen LogP contribution in [-0.2, 0) is 9.59 Å². The van der Waals surface area contributed by atoms with Gasteiger partial charge in [0.2, 0.25) is 0 Å². The number of benzene rings is 1. The molecule has 1 aliphatic rings. The molecular formula is C22H18FN3O4S. The van der Waals surface area contributed by atoms with Crippen LogP contribution < -0.4 is 9.64 Å². The van der Waals surface area contributed by atoms with Crippen LogP contribution in [0.3, 0.4) is 0 Å². The summed E-state index contributed by atoms with van der Waals surface area (Å²) in [7, 11) is 1.36. The number of hydrogen-bond acceptors (Lipinski definition) is 7. The minimum absolute atomic E-state index is 0.0270. The van der Waals surface area contributed by atoms with E-state index in [4.69, 9.17) is 4.74 Å². The van der Waals surface area contributed by atoms with Crippen molar-refractivity contribution in [3.05, 3.63) is 75.8 Å². The number of carbonyl (C=O) groups excluding carboxylic acids is 2. The Labute approximate surface area is 181 Å². The van der Waals surface area contributed by atoms with Crippen molar-refractivity contribution in [2.45, 2.75) is 19.9 Å². The molecule has 1 N–H and O–H groups in total. The molecule has 1 saturated heterocycles. The number of carbonyl (C=O) groups is 2. The van der Waals surface area contributed by atoms with E-state index >= 15 is 0 Å². The number of ketones is 1. The molecule has 1 amide bonds. The van der Waals surface area contributed by atoms with Crippen molar-refractivity contribution in [1.29, 1.82) is 0 Å². The van der Waals surface area contributed by atoms with Crippen LogP contribution in [0.25, 0.3) is 5.76 Å². The van der Waals surface area contributed by atoms with Gasteiger partial charge in [-0.2, -0.15) is 0 Å². The number of aryl methyl sites for hydroxylation is 2. The van der Waals surface area contributed by atoms with E-state index in [1.807, 2.05) is 13.8 Å². The van der Waals surface area contributed by atoms with E-state index in [1.165, 1.54) is 41.7 Å². The van der Waals surface area contributed by atoms with Crippen molar-refractivity contribution >= 4 is 33.9 Å². The Morgan fingerprint density at radius 2 is 2.03 bits per heavy atom. The normalized spacial score (nSPS) is 17.9. The Morgan fingerprint density at radius 3 is 2.65 bits per heavy atom. The zero-order valence-electron chi connectivity index (χ0n) is 16.9. The maximum absolute atomic E-state index is 13.9. The van der Waals surface area contributed by atoms with Crippen molar-refractivity contribution in [1.82, 2.24) is 9.97 Å². The number of nitrogens with zero attached hydrogens (tertiary/aromatic N) is 3. The molecule has 3 aromatic rings. The summed E-state index contributed by atoms with van der Waals surface area (Å²) in [6, 6.07) is 5.95. The summed E-state index contributed by atoms with van der Waals surface area (Å²) in [5.41, 5.74) is 1.02. The Hall–Kier alpha value is -3.59. The Balaban J connectivity index is 1.98. The topological polar surface area (TPSA) is 92.6 Å². The fourth-order valence-corrected chi connectivity index (χ4v) is 4.39. The molecule has 0 spiro atoms. The number of anilines is 1. The fourth-order valence-electron chi connectivity index (χ4n) is 3.45. The van der Waals surface area contributed by atoms with Gasteiger partial charge < -0.3 is 9.84 Å². The lowest BCUT2D eigenvalue weighted by atomic mass is 9.96. The second kappa shape index (κ2) is 7.92. The molecule has 1 aromatic carbocycles. The number of aromatic nitrogens is 2. The molecule has 9 heteroatoms. The van der Waals surface area contributed by atoms with Gasteiger partial charge in [0, 0.05) is 17.3 Å². The average Bonchev–Trinajstić information content (AvgIpc) is 3.23. The number of methoxy groups -OCH3 is 1. The van der Waals surface area contributed by atoms with E-state index in [2.05, 4.69) is 9.97 Å². The molecule has 0 aliphatic carbocycles. The summed E-state index contributed by atoms with van der Waals surface area (Å²) in [4.78, 5) is 36.8. The number of pyridine rings is 1. The number of aliphatic hydroxyl groups is 1. The number of aliphatic hydroxyl groups excluding tert-OH is 1. The first-order valence-corrected chi connectivity index (χ1v) is 10.1. The molecular weight excluding hydrogens is 421 g/mol. The maximum Gasteiger partial charge on any atom is 0.301 e. The Morgan fingerprint density at radius 1 is 1.26 bits per heavy atom. The summed E-state index contributed by atoms with van der Waals surface area (Å²) >= 11 is 1.27. The molecule has 1 fully saturated rings. The highest BCUT2D eigenvalue weighted by atomic mass is 32.1. The number of hydrogen-bond donors (Lipinski definition) is 1. The average molecular weight is 439 g/mol. The van der Waals surface area contributed by atoms with Gasteiger partial charge in [-0.3, -0.25) is 19.5 Å². The van der Waals surface area contributed by atoms with Gasteiger partial charge in [0.1, 0.15) is 17.3 Å². The third kappa shape index (κ3) is 3.46. The summed E-state index contributed by atoms with van der Waals surface area (Å²) < 4.78 is 19.2. The molecule has 0 radical (unpaired) electrons. The van der Waals surface area contributed by atoms with Crippen LogP contribution in [-0.4, -0.2) is 33.9 Å². The summed E-state index contributed by atoms with van der Waals surface area (Å²) in [6.07, 6.45) is 3.07. The first-order valence-electron chi connectivity index (χ1n) is 9.32. The molecule has 31 heavy (non-hydrogen) atoms. The molecule has 0 saturated carbocycles. The standard InChI is InChI=1S/C22H18FN3O4S/c1-11-12(2)31-22(25-11)26-18(13-5-4-8-24-10-13)17(20(28)21(26)29)19(27)15-9-14(23)6-7-16(15)30-3/h4-10,18,27H,1-3H3/t18-/m0/s1. The van der Waals surface area contributed by atoms with E-state index in [-0.39, 0.29) is 16.9 Å². The van der Waals surface area contributed by atoms with E-state index < -0.39 is 29.3 Å². The smallest absolute Gasteiger partial charge is 0.301 e. The Bertz CT molecular complexity index is 1200. The fraction of sp³-hybridized carbons (Fsp3) is 0.182. The van der Waals surface area contributed by atoms with Crippen LogP contribution in [0.2, 0.25) is 0 Å². The predicted molar refractivity (Wildman–Crippen MR) is 114 cm³/mol. The maximum atomic E-state index is 13.9. The van der Waals surface area contributed by atoms with Crippen LogP contribution in [0.1, 0.15) is 27.7 Å². The highest BCUT2D eigenvalue weighted by Gasteiger charge is 2.48. The number of thiazole rings is 1. The molecule has 0 unspecified atom stereocenters. The monoisotopic (exact) mass is 439 g/mol. The first kappa shape index (κ1) is 20.7. The molecule has 1 atom stereocenters. The van der Waals surface area contributed by atoms with Crippen molar-refractivity contribution in [2.24, 2.45) is 0 Å². The van der Waals surface area contributed by atoms with Gasteiger partial charge in [-0.1, -0.05) is 6.07 Å². The molecule has 0 bridgehead atoms. The van der Waals surface area contributed by atoms with Crippen LogP contribution in [0, 0.1) is 19.7 Å². The third-order valence-electron chi connectivity index (χ3n) is 5.08. The predicted octanol–water partition coefficient (Wildman–Crippen LogP) is 3.93. The summed E-state index contributed by atoms with van der Waals surface area (Å²) in [5.74, 6) is -2.73. The lowest BCUT2D eigenvalue weighted by Gasteiger charge is -2.22. The second-order valence-corrected chi connectivity index (χ2v) is 8.12. The van der Waals surface area contributed by atoms with Crippen LogP contribution in [0.15, 0.2) is 48.3 Å². The first-order chi connectivity index (χ1) is 14.8. The molecule has 7 nitrogen and oxygen atoms in total. The molecule has 3 heterocycles. The van der Waals surface area contributed by atoms with Crippen molar-refractivity contribution in [3.8, 4) is 5.75 Å². The van der Waals surface area contributed by atoms with Gasteiger partial charge in [0.05, 0.1) is 30.0 Å². The van der Waals surface area contributed by atoms with Gasteiger partial charge in [-0.25, -0.2) is 9.37 Å². The summed E-state index contributed by atoms with van der Waals surface area (Å²) in [5, 5.41) is 11.4. The molecule has 158 valence electrons. The van der Waals surface area contributed by atoms with Gasteiger partial charge in [-0.15, -0.1) is 11.3 Å². The lowest BCUT2D eigenvalue weighted by molar-refractivity contribution is -0.132. The van der Waals surface area contributed by atoms with Gasteiger partial charge >= 0.3 is 5.91 Å². The van der Waals surface area contributed by atoms with Crippen LogP contribution >= 0.6 is 11.3 Å². The minimum Gasteiger partial charge on any atom is -0.507 e. The molecule has 4 rings (SSSR count).